The minimum atomic E-state index is -1.82. The first-order chi connectivity index (χ1) is 9.85. The Balaban J connectivity index is 3.18. The van der Waals surface area contributed by atoms with Gasteiger partial charge in [0.2, 0.25) is 0 Å². The molecule has 0 aromatic heterocycles. The van der Waals surface area contributed by atoms with E-state index in [-0.39, 0.29) is 0 Å². The lowest BCUT2D eigenvalue weighted by molar-refractivity contribution is 0.100. The van der Waals surface area contributed by atoms with Crippen LogP contribution in [-0.2, 0) is 13.3 Å². The molecule has 0 aliphatic carbocycles. The second-order valence-corrected chi connectivity index (χ2v) is 6.83. The Morgan fingerprint density at radius 3 is 1.45 bits per heavy atom. The average molecular weight is 305 g/mol. The Morgan fingerprint density at radius 2 is 1.00 bits per heavy atom. The largest absolute Gasteiger partial charge is 0.484 e. The molecule has 0 amide bonds. The highest BCUT2D eigenvalue weighted by atomic mass is 28.3. The van der Waals surface area contributed by atoms with Gasteiger partial charge in [-0.15, -0.1) is 0 Å². The lowest BCUT2D eigenvalue weighted by atomic mass is 10.1. The van der Waals surface area contributed by atoms with Crippen molar-refractivity contribution in [3.63, 3.8) is 0 Å². The second kappa shape index (κ2) is 17.1. The normalized spacial score (nSPS) is 11.4. The Hall–Kier alpha value is 0.0969. The molecule has 0 atom stereocenters. The van der Waals surface area contributed by atoms with Crippen LogP contribution in [0.15, 0.2) is 0 Å². The molecule has 0 saturated carbocycles. The predicted octanol–water partition coefficient (Wildman–Crippen LogP) is 4.71. The van der Waals surface area contributed by atoms with Gasteiger partial charge in [0, 0.05) is 19.8 Å². The highest BCUT2D eigenvalue weighted by molar-refractivity contribution is 6.36. The lowest BCUT2D eigenvalue weighted by Crippen LogP contribution is -2.27. The van der Waals surface area contributed by atoms with Gasteiger partial charge in [0.15, 0.2) is 0 Å². The Morgan fingerprint density at radius 1 is 0.550 bits per heavy atom. The average Bonchev–Trinajstić information content (AvgIpc) is 2.45. The van der Waals surface area contributed by atoms with Crippen LogP contribution in [0.4, 0.5) is 0 Å². The minimum absolute atomic E-state index is 0.689. The van der Waals surface area contributed by atoms with Gasteiger partial charge in [-0.25, -0.2) is 0 Å². The van der Waals surface area contributed by atoms with Crippen molar-refractivity contribution in [3.8, 4) is 0 Å². The van der Waals surface area contributed by atoms with Gasteiger partial charge in [-0.1, -0.05) is 64.7 Å². The van der Waals surface area contributed by atoms with Gasteiger partial charge in [-0.3, -0.25) is 0 Å². The SMILES string of the molecule is CCCCCCCCCCCCO[SiH](OCC)OCC. The zero-order valence-electron chi connectivity index (χ0n) is 14.0. The Bertz CT molecular complexity index is 173. The van der Waals surface area contributed by atoms with Crippen LogP contribution in [0.25, 0.3) is 0 Å². The molecule has 20 heavy (non-hydrogen) atoms. The van der Waals surface area contributed by atoms with Crippen LogP contribution in [0.2, 0.25) is 0 Å². The second-order valence-electron chi connectivity index (χ2n) is 5.25. The fraction of sp³-hybridized carbons (Fsp3) is 1.00. The van der Waals surface area contributed by atoms with Crippen molar-refractivity contribution in [1.82, 2.24) is 0 Å². The van der Waals surface area contributed by atoms with Crippen molar-refractivity contribution < 1.29 is 13.3 Å². The summed E-state index contributed by atoms with van der Waals surface area (Å²) in [6.45, 7) is 8.43. The summed E-state index contributed by atoms with van der Waals surface area (Å²) < 4.78 is 16.6. The fourth-order valence-corrected chi connectivity index (χ4v) is 3.38. The quantitative estimate of drug-likeness (QED) is 0.305. The molecule has 4 heteroatoms. The molecular formula is C16H36O3Si. The van der Waals surface area contributed by atoms with Crippen molar-refractivity contribution in [1.29, 1.82) is 0 Å². The van der Waals surface area contributed by atoms with Crippen LogP contribution >= 0.6 is 0 Å². The van der Waals surface area contributed by atoms with Gasteiger partial charge >= 0.3 is 9.53 Å². The summed E-state index contributed by atoms with van der Waals surface area (Å²) in [6, 6.07) is 0. The number of hydrogen-bond acceptors (Lipinski definition) is 3. The third kappa shape index (κ3) is 14.5. The van der Waals surface area contributed by atoms with E-state index in [1.807, 2.05) is 13.8 Å². The summed E-state index contributed by atoms with van der Waals surface area (Å²) in [4.78, 5) is 0. The topological polar surface area (TPSA) is 27.7 Å². The van der Waals surface area contributed by atoms with Gasteiger partial charge in [-0.05, 0) is 20.3 Å². The van der Waals surface area contributed by atoms with Crippen LogP contribution in [0.3, 0.4) is 0 Å². The first-order valence-corrected chi connectivity index (χ1v) is 10.1. The molecule has 0 aliphatic heterocycles. The highest BCUT2D eigenvalue weighted by Crippen LogP contribution is 2.10. The molecule has 0 N–H and O–H groups in total. The summed E-state index contributed by atoms with van der Waals surface area (Å²) in [5.41, 5.74) is 0. The number of rotatable bonds is 16. The van der Waals surface area contributed by atoms with Crippen molar-refractivity contribution in [2.24, 2.45) is 0 Å². The van der Waals surface area contributed by atoms with Gasteiger partial charge < -0.3 is 13.3 Å². The first-order valence-electron chi connectivity index (χ1n) is 8.69. The van der Waals surface area contributed by atoms with E-state index in [1.165, 1.54) is 57.8 Å². The zero-order chi connectivity index (χ0) is 14.9. The van der Waals surface area contributed by atoms with Crippen molar-refractivity contribution >= 4 is 9.53 Å². The summed E-state index contributed by atoms with van der Waals surface area (Å²) in [7, 11) is -1.82. The summed E-state index contributed by atoms with van der Waals surface area (Å²) in [5, 5.41) is 0. The molecule has 3 nitrogen and oxygen atoms in total. The maximum Gasteiger partial charge on any atom is 0.484 e. The standard InChI is InChI=1S/C16H36O3Si/c1-4-7-8-9-10-11-12-13-14-15-16-19-20(17-5-2)18-6-3/h20H,4-16H2,1-3H3. The Labute approximate surface area is 128 Å². The summed E-state index contributed by atoms with van der Waals surface area (Å²) in [6.07, 6.45) is 13.5. The van der Waals surface area contributed by atoms with Crippen LogP contribution in [-0.4, -0.2) is 29.3 Å². The van der Waals surface area contributed by atoms with E-state index in [9.17, 15) is 0 Å². The zero-order valence-corrected chi connectivity index (χ0v) is 15.1. The van der Waals surface area contributed by atoms with Crippen LogP contribution in [0.5, 0.6) is 0 Å². The predicted molar refractivity (Wildman–Crippen MR) is 88.2 cm³/mol. The van der Waals surface area contributed by atoms with Gasteiger partial charge in [0.25, 0.3) is 0 Å². The van der Waals surface area contributed by atoms with Crippen LogP contribution in [0, 0.1) is 0 Å². The van der Waals surface area contributed by atoms with E-state index in [2.05, 4.69) is 6.92 Å². The van der Waals surface area contributed by atoms with E-state index >= 15 is 0 Å². The molecule has 0 unspecified atom stereocenters. The summed E-state index contributed by atoms with van der Waals surface area (Å²) in [5.74, 6) is 0. The third-order valence-corrected chi connectivity index (χ3v) is 5.08. The molecule has 122 valence electrons. The van der Waals surface area contributed by atoms with Crippen molar-refractivity contribution in [2.75, 3.05) is 19.8 Å². The molecule has 0 rings (SSSR count). The molecule has 0 heterocycles. The molecule has 0 bridgehead atoms. The molecule has 0 saturated heterocycles. The minimum Gasteiger partial charge on any atom is -0.376 e. The van der Waals surface area contributed by atoms with E-state index < -0.39 is 9.53 Å². The molecule has 0 aliphatic rings. The van der Waals surface area contributed by atoms with E-state index in [0.29, 0.717) is 13.2 Å². The van der Waals surface area contributed by atoms with Gasteiger partial charge in [0.1, 0.15) is 0 Å². The highest BCUT2D eigenvalue weighted by Gasteiger charge is 2.12. The number of unbranched alkanes of at least 4 members (excludes halogenated alkanes) is 9. The maximum atomic E-state index is 5.69. The van der Waals surface area contributed by atoms with Gasteiger partial charge in [-0.2, -0.15) is 0 Å². The molecule has 0 aromatic carbocycles. The molecule has 0 fully saturated rings. The van der Waals surface area contributed by atoms with E-state index in [0.717, 1.165) is 13.0 Å². The number of hydrogen-bond donors (Lipinski definition) is 0. The molecule has 0 spiro atoms. The smallest absolute Gasteiger partial charge is 0.376 e. The van der Waals surface area contributed by atoms with Crippen LogP contribution < -0.4 is 0 Å². The maximum absolute atomic E-state index is 5.69. The molecule has 0 aromatic rings. The Kier molecular flexibility index (Phi) is 17.2. The summed E-state index contributed by atoms with van der Waals surface area (Å²) >= 11 is 0. The molecular weight excluding hydrogens is 268 g/mol. The lowest BCUT2D eigenvalue weighted by Gasteiger charge is -2.14. The monoisotopic (exact) mass is 304 g/mol. The van der Waals surface area contributed by atoms with E-state index in [4.69, 9.17) is 13.3 Å². The van der Waals surface area contributed by atoms with Crippen LogP contribution in [0.1, 0.15) is 85.0 Å². The molecule has 0 radical (unpaired) electrons. The third-order valence-electron chi connectivity index (χ3n) is 3.36. The van der Waals surface area contributed by atoms with Gasteiger partial charge in [0.05, 0.1) is 0 Å². The van der Waals surface area contributed by atoms with Crippen molar-refractivity contribution in [3.05, 3.63) is 0 Å². The van der Waals surface area contributed by atoms with E-state index in [1.54, 1.807) is 0 Å². The first kappa shape index (κ1) is 20.1. The van der Waals surface area contributed by atoms with Crippen molar-refractivity contribution in [2.45, 2.75) is 85.0 Å². The fourth-order valence-electron chi connectivity index (χ4n) is 2.19.